The highest BCUT2D eigenvalue weighted by Crippen LogP contribution is 1.85. The predicted octanol–water partition coefficient (Wildman–Crippen LogP) is 0.403. The number of esters is 1. The first-order valence-corrected chi connectivity index (χ1v) is 7.49. The quantitative estimate of drug-likeness (QED) is 0.202. The summed E-state index contributed by atoms with van der Waals surface area (Å²) in [6.07, 6.45) is 1.39. The molecule has 0 fully saturated rings. The molecular weight excluding hydrogens is 308 g/mol. The van der Waals surface area contributed by atoms with E-state index in [1.165, 1.54) is 13.4 Å². The molecule has 0 aromatic rings. The SMILES string of the molecule is C=COCCOCCOCCOCCOCCOCC(=O)OC. The summed E-state index contributed by atoms with van der Waals surface area (Å²) in [5.74, 6) is -0.399. The number of carbonyl (C=O) groups excluding carboxylic acids is 1. The molecule has 8 heteroatoms. The molecule has 8 nitrogen and oxygen atoms in total. The molecule has 0 unspecified atom stereocenters. The summed E-state index contributed by atoms with van der Waals surface area (Å²) in [4.78, 5) is 10.7. The standard InChI is InChI=1S/C15H28O8/c1-3-18-4-5-19-6-7-20-8-9-21-10-11-22-12-13-23-14-15(16)17-2/h3H,1,4-14H2,2H3. The van der Waals surface area contributed by atoms with Crippen LogP contribution < -0.4 is 0 Å². The summed E-state index contributed by atoms with van der Waals surface area (Å²) in [7, 11) is 1.32. The van der Waals surface area contributed by atoms with Crippen LogP contribution in [0.4, 0.5) is 0 Å². The van der Waals surface area contributed by atoms with Crippen molar-refractivity contribution in [3.05, 3.63) is 12.8 Å². The van der Waals surface area contributed by atoms with E-state index in [2.05, 4.69) is 11.3 Å². The van der Waals surface area contributed by atoms with Crippen molar-refractivity contribution in [2.45, 2.75) is 0 Å². The van der Waals surface area contributed by atoms with Gasteiger partial charge in [0.15, 0.2) is 0 Å². The number of hydrogen-bond acceptors (Lipinski definition) is 8. The molecule has 0 heterocycles. The van der Waals surface area contributed by atoms with Crippen LogP contribution in [-0.2, 0) is 38.0 Å². The Kier molecular flexibility index (Phi) is 17.9. The van der Waals surface area contributed by atoms with Crippen LogP contribution in [0.5, 0.6) is 0 Å². The minimum absolute atomic E-state index is 0.0569. The summed E-state index contributed by atoms with van der Waals surface area (Å²) in [5.41, 5.74) is 0. The lowest BCUT2D eigenvalue weighted by molar-refractivity contribution is -0.146. The van der Waals surface area contributed by atoms with Gasteiger partial charge >= 0.3 is 5.97 Å². The molecule has 136 valence electrons. The van der Waals surface area contributed by atoms with Crippen molar-refractivity contribution in [1.82, 2.24) is 0 Å². The van der Waals surface area contributed by atoms with Gasteiger partial charge in [0.1, 0.15) is 13.2 Å². The highest BCUT2D eigenvalue weighted by molar-refractivity contribution is 5.70. The van der Waals surface area contributed by atoms with E-state index in [0.29, 0.717) is 66.1 Å². The molecule has 0 rings (SSSR count). The Morgan fingerprint density at radius 2 is 1.13 bits per heavy atom. The van der Waals surface area contributed by atoms with Crippen molar-refractivity contribution in [3.8, 4) is 0 Å². The number of ether oxygens (including phenoxy) is 7. The van der Waals surface area contributed by atoms with Gasteiger partial charge in [0, 0.05) is 0 Å². The second kappa shape index (κ2) is 18.9. The minimum atomic E-state index is -0.399. The summed E-state index contributed by atoms with van der Waals surface area (Å²) in [5, 5.41) is 0. The van der Waals surface area contributed by atoms with Crippen molar-refractivity contribution in [2.75, 3.05) is 79.8 Å². The molecule has 0 aliphatic carbocycles. The van der Waals surface area contributed by atoms with Crippen LogP contribution in [0.25, 0.3) is 0 Å². The summed E-state index contributed by atoms with van der Waals surface area (Å²) >= 11 is 0. The first kappa shape index (κ1) is 21.8. The van der Waals surface area contributed by atoms with Crippen molar-refractivity contribution >= 4 is 5.97 Å². The maximum absolute atomic E-state index is 10.7. The summed E-state index contributed by atoms with van der Waals surface area (Å²) < 4.78 is 35.5. The van der Waals surface area contributed by atoms with Gasteiger partial charge in [0.25, 0.3) is 0 Å². The molecule has 0 atom stereocenters. The van der Waals surface area contributed by atoms with E-state index in [-0.39, 0.29) is 6.61 Å². The fourth-order valence-corrected chi connectivity index (χ4v) is 1.28. The number of hydrogen-bond donors (Lipinski definition) is 0. The Bertz CT molecular complexity index is 272. The fourth-order valence-electron chi connectivity index (χ4n) is 1.28. The Hall–Kier alpha value is -1.19. The van der Waals surface area contributed by atoms with Crippen molar-refractivity contribution in [2.24, 2.45) is 0 Å². The summed E-state index contributed by atoms with van der Waals surface area (Å²) in [6, 6.07) is 0. The second-order valence-electron chi connectivity index (χ2n) is 4.12. The van der Waals surface area contributed by atoms with Crippen LogP contribution in [0.3, 0.4) is 0 Å². The predicted molar refractivity (Wildman–Crippen MR) is 82.3 cm³/mol. The van der Waals surface area contributed by atoms with Crippen LogP contribution >= 0.6 is 0 Å². The number of methoxy groups -OCH3 is 1. The first-order chi connectivity index (χ1) is 11.3. The maximum Gasteiger partial charge on any atom is 0.331 e. The molecule has 0 radical (unpaired) electrons. The van der Waals surface area contributed by atoms with Gasteiger partial charge in [-0.2, -0.15) is 0 Å². The Balaban J connectivity index is 3.00. The van der Waals surface area contributed by atoms with Gasteiger partial charge in [-0.05, 0) is 0 Å². The largest absolute Gasteiger partial charge is 0.499 e. The van der Waals surface area contributed by atoms with Gasteiger partial charge in [0.05, 0.1) is 72.8 Å². The van der Waals surface area contributed by atoms with Gasteiger partial charge in [-0.3, -0.25) is 0 Å². The molecule has 23 heavy (non-hydrogen) atoms. The maximum atomic E-state index is 10.7. The molecule has 0 aromatic carbocycles. The normalized spacial score (nSPS) is 10.5. The molecule has 0 saturated heterocycles. The number of carbonyl (C=O) groups is 1. The van der Waals surface area contributed by atoms with Gasteiger partial charge in [-0.25, -0.2) is 4.79 Å². The van der Waals surface area contributed by atoms with E-state index < -0.39 is 5.97 Å². The van der Waals surface area contributed by atoms with E-state index in [1.807, 2.05) is 0 Å². The van der Waals surface area contributed by atoms with Gasteiger partial charge in [0.2, 0.25) is 0 Å². The van der Waals surface area contributed by atoms with Gasteiger partial charge < -0.3 is 33.2 Å². The van der Waals surface area contributed by atoms with Crippen LogP contribution in [0.15, 0.2) is 12.8 Å². The Labute approximate surface area is 137 Å². The fraction of sp³-hybridized carbons (Fsp3) is 0.800. The molecule has 0 aliphatic rings. The van der Waals surface area contributed by atoms with E-state index in [0.717, 1.165) is 0 Å². The minimum Gasteiger partial charge on any atom is -0.499 e. The van der Waals surface area contributed by atoms with Crippen LogP contribution in [0.1, 0.15) is 0 Å². The zero-order valence-corrected chi connectivity index (χ0v) is 13.8. The smallest absolute Gasteiger partial charge is 0.331 e. The molecule has 0 aliphatic heterocycles. The lowest BCUT2D eigenvalue weighted by Gasteiger charge is -2.07. The lowest BCUT2D eigenvalue weighted by atomic mass is 10.6. The molecule has 0 saturated carbocycles. The number of rotatable bonds is 18. The third-order valence-corrected chi connectivity index (χ3v) is 2.40. The zero-order chi connectivity index (χ0) is 17.0. The zero-order valence-electron chi connectivity index (χ0n) is 13.8. The van der Waals surface area contributed by atoms with E-state index in [9.17, 15) is 4.79 Å². The molecule has 0 N–H and O–H groups in total. The molecule has 0 amide bonds. The van der Waals surface area contributed by atoms with Gasteiger partial charge in [-0.1, -0.05) is 6.58 Å². The highest BCUT2D eigenvalue weighted by atomic mass is 16.6. The van der Waals surface area contributed by atoms with Crippen molar-refractivity contribution in [3.63, 3.8) is 0 Å². The lowest BCUT2D eigenvalue weighted by Crippen LogP contribution is -2.15. The topological polar surface area (TPSA) is 81.7 Å². The van der Waals surface area contributed by atoms with Crippen molar-refractivity contribution in [1.29, 1.82) is 0 Å². The van der Waals surface area contributed by atoms with Gasteiger partial charge in [-0.15, -0.1) is 0 Å². The van der Waals surface area contributed by atoms with Crippen molar-refractivity contribution < 1.29 is 38.0 Å². The van der Waals surface area contributed by atoms with Crippen LogP contribution in [0.2, 0.25) is 0 Å². The molecule has 0 aromatic heterocycles. The third-order valence-electron chi connectivity index (χ3n) is 2.40. The second-order valence-corrected chi connectivity index (χ2v) is 4.12. The average molecular weight is 336 g/mol. The molecule has 0 spiro atoms. The first-order valence-electron chi connectivity index (χ1n) is 7.49. The monoisotopic (exact) mass is 336 g/mol. The summed E-state index contributed by atoms with van der Waals surface area (Å²) in [6.45, 7) is 8.14. The van der Waals surface area contributed by atoms with E-state index in [4.69, 9.17) is 28.4 Å². The molecular formula is C15H28O8. The highest BCUT2D eigenvalue weighted by Gasteiger charge is 1.98. The molecule has 0 bridgehead atoms. The van der Waals surface area contributed by atoms with Crippen LogP contribution in [-0.4, -0.2) is 85.8 Å². The average Bonchev–Trinajstić information content (AvgIpc) is 2.57. The van der Waals surface area contributed by atoms with E-state index >= 15 is 0 Å². The van der Waals surface area contributed by atoms with Crippen LogP contribution in [0, 0.1) is 0 Å². The Morgan fingerprint density at radius 1 is 0.739 bits per heavy atom. The third kappa shape index (κ3) is 18.8. The van der Waals surface area contributed by atoms with E-state index in [1.54, 1.807) is 0 Å². The Morgan fingerprint density at radius 3 is 1.52 bits per heavy atom.